The first-order valence-corrected chi connectivity index (χ1v) is 7.33. The van der Waals surface area contributed by atoms with Gasteiger partial charge in [-0.3, -0.25) is 4.79 Å². The van der Waals surface area contributed by atoms with Crippen LogP contribution < -0.4 is 10.6 Å². The zero-order chi connectivity index (χ0) is 17.7. The summed E-state index contributed by atoms with van der Waals surface area (Å²) < 4.78 is 38.3. The number of carbonyl (C=O) groups is 1. The molecule has 0 saturated carbocycles. The summed E-state index contributed by atoms with van der Waals surface area (Å²) >= 11 is 0. The molecule has 8 heteroatoms. The molecule has 1 aromatic heterocycles. The van der Waals surface area contributed by atoms with E-state index in [9.17, 15) is 18.0 Å². The Morgan fingerprint density at radius 2 is 1.96 bits per heavy atom. The molecular weight excluding hydrogens is 321 g/mol. The van der Waals surface area contributed by atoms with Crippen LogP contribution in [0.5, 0.6) is 0 Å². The molecule has 0 spiro atoms. The molecule has 0 radical (unpaired) electrons. The Bertz CT molecular complexity index is 732. The van der Waals surface area contributed by atoms with Crippen molar-refractivity contribution in [1.29, 1.82) is 0 Å². The molecule has 2 aromatic rings. The number of nitrogens with zero attached hydrogens (tertiary/aromatic N) is 2. The van der Waals surface area contributed by atoms with Crippen molar-refractivity contribution in [2.75, 3.05) is 11.9 Å². The Morgan fingerprint density at radius 1 is 1.21 bits per heavy atom. The molecule has 0 aliphatic heterocycles. The van der Waals surface area contributed by atoms with Gasteiger partial charge < -0.3 is 10.6 Å². The molecule has 1 aromatic carbocycles. The standard InChI is InChI=1S/C16H17F3N4O/c1-3-20-14(24)12-6-4-5-11(8-12)9-21-15-22-10(2)7-13(23-15)16(17,18)19/h4-8H,3,9H2,1-2H3,(H,20,24)(H,21,22,23). The second-order valence-corrected chi connectivity index (χ2v) is 5.13. The van der Waals surface area contributed by atoms with E-state index in [-0.39, 0.29) is 24.1 Å². The summed E-state index contributed by atoms with van der Waals surface area (Å²) in [6.45, 7) is 4.00. The summed E-state index contributed by atoms with van der Waals surface area (Å²) in [6.07, 6.45) is -4.53. The van der Waals surface area contributed by atoms with Gasteiger partial charge in [-0.2, -0.15) is 13.2 Å². The first-order valence-electron chi connectivity index (χ1n) is 7.33. The van der Waals surface area contributed by atoms with Gasteiger partial charge in [-0.15, -0.1) is 0 Å². The Morgan fingerprint density at radius 3 is 2.62 bits per heavy atom. The number of hydrogen-bond acceptors (Lipinski definition) is 4. The average molecular weight is 338 g/mol. The first kappa shape index (κ1) is 17.7. The van der Waals surface area contributed by atoms with Crippen molar-refractivity contribution < 1.29 is 18.0 Å². The van der Waals surface area contributed by atoms with Crippen molar-refractivity contribution in [3.8, 4) is 0 Å². The minimum atomic E-state index is -4.53. The topological polar surface area (TPSA) is 66.9 Å². The fourth-order valence-electron chi connectivity index (χ4n) is 2.06. The van der Waals surface area contributed by atoms with E-state index in [0.29, 0.717) is 12.1 Å². The highest BCUT2D eigenvalue weighted by Crippen LogP contribution is 2.28. The van der Waals surface area contributed by atoms with Gasteiger partial charge >= 0.3 is 6.18 Å². The molecule has 0 fully saturated rings. The molecule has 0 bridgehead atoms. The van der Waals surface area contributed by atoms with Crippen LogP contribution in [0.2, 0.25) is 0 Å². The van der Waals surface area contributed by atoms with Gasteiger partial charge in [-0.25, -0.2) is 9.97 Å². The minimum absolute atomic E-state index is 0.106. The van der Waals surface area contributed by atoms with E-state index in [0.717, 1.165) is 11.6 Å². The minimum Gasteiger partial charge on any atom is -0.352 e. The van der Waals surface area contributed by atoms with E-state index >= 15 is 0 Å². The summed E-state index contributed by atoms with van der Waals surface area (Å²) in [6, 6.07) is 7.69. The number of alkyl halides is 3. The highest BCUT2D eigenvalue weighted by Gasteiger charge is 2.33. The highest BCUT2D eigenvalue weighted by atomic mass is 19.4. The van der Waals surface area contributed by atoms with Crippen molar-refractivity contribution in [3.63, 3.8) is 0 Å². The van der Waals surface area contributed by atoms with Crippen LogP contribution >= 0.6 is 0 Å². The van der Waals surface area contributed by atoms with E-state index < -0.39 is 11.9 Å². The number of aromatic nitrogens is 2. The number of halogens is 3. The third-order valence-corrected chi connectivity index (χ3v) is 3.12. The Balaban J connectivity index is 2.12. The lowest BCUT2D eigenvalue weighted by molar-refractivity contribution is -0.141. The molecule has 5 nitrogen and oxygen atoms in total. The molecule has 0 aliphatic carbocycles. The number of benzene rings is 1. The number of amides is 1. The zero-order valence-corrected chi connectivity index (χ0v) is 13.2. The van der Waals surface area contributed by atoms with E-state index in [1.54, 1.807) is 24.3 Å². The summed E-state index contributed by atoms with van der Waals surface area (Å²) in [5.74, 6) is -0.309. The van der Waals surface area contributed by atoms with Gasteiger partial charge in [0.25, 0.3) is 5.91 Å². The van der Waals surface area contributed by atoms with E-state index in [1.165, 1.54) is 6.92 Å². The average Bonchev–Trinajstić information content (AvgIpc) is 2.52. The van der Waals surface area contributed by atoms with Crippen molar-refractivity contribution in [1.82, 2.24) is 15.3 Å². The summed E-state index contributed by atoms with van der Waals surface area (Å²) in [7, 11) is 0. The molecule has 1 amide bonds. The third-order valence-electron chi connectivity index (χ3n) is 3.12. The van der Waals surface area contributed by atoms with Crippen LogP contribution in [0.3, 0.4) is 0 Å². The summed E-state index contributed by atoms with van der Waals surface area (Å²) in [4.78, 5) is 19.2. The van der Waals surface area contributed by atoms with Crippen LogP contribution in [-0.4, -0.2) is 22.4 Å². The maximum absolute atomic E-state index is 12.8. The molecule has 0 aliphatic rings. The largest absolute Gasteiger partial charge is 0.433 e. The molecular formula is C16H17F3N4O. The first-order chi connectivity index (χ1) is 11.3. The number of aryl methyl sites for hydroxylation is 1. The van der Waals surface area contributed by atoms with Gasteiger partial charge in [0.1, 0.15) is 5.69 Å². The highest BCUT2D eigenvalue weighted by molar-refractivity contribution is 5.94. The Kier molecular flexibility index (Phi) is 5.38. The van der Waals surface area contributed by atoms with Gasteiger partial charge in [0.15, 0.2) is 0 Å². The Labute approximate surface area is 137 Å². The smallest absolute Gasteiger partial charge is 0.352 e. The second-order valence-electron chi connectivity index (χ2n) is 5.13. The van der Waals surface area contributed by atoms with Crippen LogP contribution in [0.1, 0.15) is 34.2 Å². The van der Waals surface area contributed by atoms with Gasteiger partial charge in [0.05, 0.1) is 0 Å². The summed E-state index contributed by atoms with van der Waals surface area (Å²) in [5.41, 5.74) is 0.444. The van der Waals surface area contributed by atoms with E-state index in [2.05, 4.69) is 20.6 Å². The van der Waals surface area contributed by atoms with Gasteiger partial charge in [0.2, 0.25) is 5.95 Å². The number of hydrogen-bond donors (Lipinski definition) is 2. The summed E-state index contributed by atoms with van der Waals surface area (Å²) in [5, 5.41) is 5.44. The fraction of sp³-hybridized carbons (Fsp3) is 0.312. The van der Waals surface area contributed by atoms with Gasteiger partial charge in [-0.1, -0.05) is 12.1 Å². The molecule has 2 rings (SSSR count). The predicted molar refractivity (Wildman–Crippen MR) is 83.5 cm³/mol. The van der Waals surface area contributed by atoms with Crippen molar-refractivity contribution in [3.05, 3.63) is 52.8 Å². The number of anilines is 1. The predicted octanol–water partition coefficient (Wildman–Crippen LogP) is 3.17. The molecule has 2 N–H and O–H groups in total. The van der Waals surface area contributed by atoms with Gasteiger partial charge in [-0.05, 0) is 37.6 Å². The quantitative estimate of drug-likeness (QED) is 0.879. The van der Waals surface area contributed by atoms with Crippen LogP contribution in [0, 0.1) is 6.92 Å². The number of rotatable bonds is 5. The molecule has 128 valence electrons. The maximum atomic E-state index is 12.8. The van der Waals surface area contributed by atoms with Crippen LogP contribution in [0.4, 0.5) is 19.1 Å². The van der Waals surface area contributed by atoms with E-state index in [4.69, 9.17) is 0 Å². The molecule has 0 unspecified atom stereocenters. The van der Waals surface area contributed by atoms with Crippen LogP contribution in [-0.2, 0) is 12.7 Å². The second kappa shape index (κ2) is 7.29. The number of nitrogens with one attached hydrogen (secondary N) is 2. The van der Waals surface area contributed by atoms with Crippen molar-refractivity contribution in [2.24, 2.45) is 0 Å². The van der Waals surface area contributed by atoms with Crippen molar-refractivity contribution in [2.45, 2.75) is 26.6 Å². The molecule has 24 heavy (non-hydrogen) atoms. The molecule has 1 heterocycles. The normalized spacial score (nSPS) is 11.2. The van der Waals surface area contributed by atoms with Gasteiger partial charge in [0, 0.05) is 24.3 Å². The number of carbonyl (C=O) groups excluding carboxylic acids is 1. The lowest BCUT2D eigenvalue weighted by Gasteiger charge is -2.11. The zero-order valence-electron chi connectivity index (χ0n) is 13.2. The Hall–Kier alpha value is -2.64. The van der Waals surface area contributed by atoms with Crippen molar-refractivity contribution >= 4 is 11.9 Å². The fourth-order valence-corrected chi connectivity index (χ4v) is 2.06. The lowest BCUT2D eigenvalue weighted by Crippen LogP contribution is -2.22. The monoisotopic (exact) mass is 338 g/mol. The third kappa shape index (κ3) is 4.68. The lowest BCUT2D eigenvalue weighted by atomic mass is 10.1. The van der Waals surface area contributed by atoms with Crippen LogP contribution in [0.15, 0.2) is 30.3 Å². The maximum Gasteiger partial charge on any atom is 0.433 e. The van der Waals surface area contributed by atoms with E-state index in [1.807, 2.05) is 6.92 Å². The molecule has 0 saturated heterocycles. The SMILES string of the molecule is CCNC(=O)c1cccc(CNc2nc(C)cc(C(F)(F)F)n2)c1. The molecule has 0 atom stereocenters. The van der Waals surface area contributed by atoms with Crippen LogP contribution in [0.25, 0.3) is 0 Å².